The molecule has 0 fully saturated rings. The van der Waals surface area contributed by atoms with Gasteiger partial charge in [-0.1, -0.05) is 24.3 Å². The van der Waals surface area contributed by atoms with Gasteiger partial charge in [0.15, 0.2) is 0 Å². The Morgan fingerprint density at radius 3 is 2.73 bits per heavy atom. The molecule has 1 heterocycles. The molecule has 0 unspecified atom stereocenters. The van der Waals surface area contributed by atoms with Gasteiger partial charge in [0, 0.05) is 17.7 Å². The van der Waals surface area contributed by atoms with Crippen LogP contribution in [0.25, 0.3) is 11.3 Å². The van der Waals surface area contributed by atoms with Gasteiger partial charge in [-0.3, -0.25) is 14.9 Å². The lowest BCUT2D eigenvalue weighted by Gasteiger charge is -2.00. The average Bonchev–Trinajstić information content (AvgIpc) is 3.11. The van der Waals surface area contributed by atoms with Crippen LogP contribution in [0, 0.1) is 15.9 Å². The number of hydrogen-bond donors (Lipinski definition) is 1. The van der Waals surface area contributed by atoms with Crippen LogP contribution in [-0.4, -0.2) is 17.0 Å². The Morgan fingerprint density at radius 2 is 1.96 bits per heavy atom. The molecule has 8 heteroatoms. The highest BCUT2D eigenvalue weighted by Crippen LogP contribution is 2.25. The zero-order valence-electron chi connectivity index (χ0n) is 13.3. The van der Waals surface area contributed by atoms with Crippen LogP contribution in [0.15, 0.2) is 70.2 Å². The van der Waals surface area contributed by atoms with Gasteiger partial charge < -0.3 is 4.42 Å². The van der Waals surface area contributed by atoms with Gasteiger partial charge >= 0.3 is 0 Å². The first kappa shape index (κ1) is 17.0. The number of carbonyl (C=O) groups is 1. The third-order valence-corrected chi connectivity index (χ3v) is 3.44. The van der Waals surface area contributed by atoms with Crippen LogP contribution in [0.3, 0.4) is 0 Å². The molecule has 0 saturated heterocycles. The highest BCUT2D eigenvalue weighted by atomic mass is 19.1. The van der Waals surface area contributed by atoms with Crippen molar-refractivity contribution in [3.63, 3.8) is 0 Å². The summed E-state index contributed by atoms with van der Waals surface area (Å²) in [5.74, 6) is -0.605. The SMILES string of the molecule is O=C(N/N=C\c1ccc(-c2cccc([N+](=O)[O-])c2)o1)c1ccccc1F. The van der Waals surface area contributed by atoms with Crippen LogP contribution in [0.5, 0.6) is 0 Å². The van der Waals surface area contributed by atoms with Crippen LogP contribution in [-0.2, 0) is 0 Å². The lowest BCUT2D eigenvalue weighted by Crippen LogP contribution is -2.18. The number of halogens is 1. The molecule has 130 valence electrons. The third kappa shape index (κ3) is 3.81. The number of benzene rings is 2. The Hall–Kier alpha value is -3.81. The molecule has 3 rings (SSSR count). The van der Waals surface area contributed by atoms with Crippen molar-refractivity contribution < 1.29 is 18.5 Å². The quantitative estimate of drug-likeness (QED) is 0.429. The Kier molecular flexibility index (Phi) is 4.84. The second kappa shape index (κ2) is 7.39. The molecule has 1 amide bonds. The summed E-state index contributed by atoms with van der Waals surface area (Å²) < 4.78 is 19.0. The second-order valence-corrected chi connectivity index (χ2v) is 5.19. The van der Waals surface area contributed by atoms with Gasteiger partial charge in [-0.05, 0) is 24.3 Å². The number of non-ortho nitro benzene ring substituents is 1. The van der Waals surface area contributed by atoms with Crippen molar-refractivity contribution in [2.45, 2.75) is 0 Å². The Labute approximate surface area is 146 Å². The monoisotopic (exact) mass is 353 g/mol. The molecule has 1 N–H and O–H groups in total. The van der Waals surface area contributed by atoms with E-state index in [-0.39, 0.29) is 11.3 Å². The molecule has 26 heavy (non-hydrogen) atoms. The van der Waals surface area contributed by atoms with Gasteiger partial charge in [-0.2, -0.15) is 5.10 Å². The van der Waals surface area contributed by atoms with Gasteiger partial charge in [0.05, 0.1) is 16.7 Å². The van der Waals surface area contributed by atoms with Crippen molar-refractivity contribution >= 4 is 17.8 Å². The molecule has 7 nitrogen and oxygen atoms in total. The van der Waals surface area contributed by atoms with Crippen LogP contribution in [0.2, 0.25) is 0 Å². The van der Waals surface area contributed by atoms with E-state index in [9.17, 15) is 19.3 Å². The maximum Gasteiger partial charge on any atom is 0.274 e. The Morgan fingerprint density at radius 1 is 1.15 bits per heavy atom. The van der Waals surface area contributed by atoms with Crippen LogP contribution < -0.4 is 5.43 Å². The lowest BCUT2D eigenvalue weighted by molar-refractivity contribution is -0.384. The molecule has 2 aromatic carbocycles. The number of nitrogens with one attached hydrogen (secondary N) is 1. The fourth-order valence-corrected chi connectivity index (χ4v) is 2.21. The molecule has 3 aromatic rings. The number of hydrazone groups is 1. The largest absolute Gasteiger partial charge is 0.455 e. The van der Waals surface area contributed by atoms with E-state index in [2.05, 4.69) is 10.5 Å². The minimum atomic E-state index is -0.690. The summed E-state index contributed by atoms with van der Waals surface area (Å²) in [7, 11) is 0. The van der Waals surface area contributed by atoms with Gasteiger partial charge in [0.2, 0.25) is 0 Å². The molecule has 0 aliphatic rings. The summed E-state index contributed by atoms with van der Waals surface area (Å²) in [6.45, 7) is 0. The highest BCUT2D eigenvalue weighted by Gasteiger charge is 2.11. The predicted octanol–water partition coefficient (Wildman–Crippen LogP) is 3.76. The molecule has 0 atom stereocenters. The number of hydrogen-bond acceptors (Lipinski definition) is 5. The highest BCUT2D eigenvalue weighted by molar-refractivity contribution is 5.95. The maximum atomic E-state index is 13.5. The third-order valence-electron chi connectivity index (χ3n) is 3.44. The van der Waals surface area contributed by atoms with E-state index < -0.39 is 16.6 Å². The normalized spacial score (nSPS) is 10.8. The molecular formula is C18H12FN3O4. The van der Waals surface area contributed by atoms with E-state index in [1.54, 1.807) is 30.3 Å². The first-order valence-corrected chi connectivity index (χ1v) is 7.47. The number of amides is 1. The van der Waals surface area contributed by atoms with Crippen molar-refractivity contribution in [1.29, 1.82) is 0 Å². The first-order valence-electron chi connectivity index (χ1n) is 7.47. The van der Waals surface area contributed by atoms with E-state index in [4.69, 9.17) is 4.42 Å². The van der Waals surface area contributed by atoms with Crippen molar-refractivity contribution in [2.24, 2.45) is 5.10 Å². The number of carbonyl (C=O) groups excluding carboxylic acids is 1. The molecule has 0 saturated carbocycles. The van der Waals surface area contributed by atoms with E-state index in [1.165, 1.54) is 36.5 Å². The zero-order chi connectivity index (χ0) is 18.5. The van der Waals surface area contributed by atoms with E-state index in [1.807, 2.05) is 0 Å². The van der Waals surface area contributed by atoms with Crippen molar-refractivity contribution in [2.75, 3.05) is 0 Å². The molecular weight excluding hydrogens is 341 g/mol. The topological polar surface area (TPSA) is 97.7 Å². The minimum absolute atomic E-state index is 0.0498. The van der Waals surface area contributed by atoms with Crippen molar-refractivity contribution in [1.82, 2.24) is 5.43 Å². The summed E-state index contributed by atoms with van der Waals surface area (Å²) in [6, 6.07) is 14.8. The minimum Gasteiger partial charge on any atom is -0.455 e. The number of rotatable bonds is 5. The van der Waals surface area contributed by atoms with Crippen LogP contribution >= 0.6 is 0 Å². The smallest absolute Gasteiger partial charge is 0.274 e. The molecule has 1 aromatic heterocycles. The van der Waals surface area contributed by atoms with Crippen molar-refractivity contribution in [3.05, 3.63) is 87.9 Å². The van der Waals surface area contributed by atoms with Gasteiger partial charge in [-0.25, -0.2) is 9.82 Å². The number of nitro benzene ring substituents is 1. The number of nitrogens with zero attached hydrogens (tertiary/aromatic N) is 2. The molecule has 0 aliphatic carbocycles. The molecule has 0 radical (unpaired) electrons. The summed E-state index contributed by atoms with van der Waals surface area (Å²) in [5.41, 5.74) is 2.57. The summed E-state index contributed by atoms with van der Waals surface area (Å²) in [4.78, 5) is 22.2. The van der Waals surface area contributed by atoms with Gasteiger partial charge in [0.1, 0.15) is 17.3 Å². The standard InChI is InChI=1S/C18H12FN3O4/c19-16-7-2-1-6-15(16)18(23)21-20-11-14-8-9-17(26-14)12-4-3-5-13(10-12)22(24)25/h1-11H,(H,21,23)/b20-11-. The second-order valence-electron chi connectivity index (χ2n) is 5.19. The fraction of sp³-hybridized carbons (Fsp3) is 0. The zero-order valence-corrected chi connectivity index (χ0v) is 13.3. The van der Waals surface area contributed by atoms with Crippen LogP contribution in [0.4, 0.5) is 10.1 Å². The number of furan rings is 1. The molecule has 0 aliphatic heterocycles. The number of nitro groups is 1. The fourth-order valence-electron chi connectivity index (χ4n) is 2.21. The Bertz CT molecular complexity index is 997. The van der Waals surface area contributed by atoms with Gasteiger partial charge in [-0.15, -0.1) is 0 Å². The van der Waals surface area contributed by atoms with E-state index >= 15 is 0 Å². The summed E-state index contributed by atoms with van der Waals surface area (Å²) in [6.07, 6.45) is 1.25. The lowest BCUT2D eigenvalue weighted by atomic mass is 10.1. The van der Waals surface area contributed by atoms with E-state index in [0.29, 0.717) is 17.1 Å². The molecule has 0 bridgehead atoms. The Balaban J connectivity index is 1.70. The first-order chi connectivity index (χ1) is 12.5. The summed E-state index contributed by atoms with van der Waals surface area (Å²) >= 11 is 0. The van der Waals surface area contributed by atoms with Crippen molar-refractivity contribution in [3.8, 4) is 11.3 Å². The average molecular weight is 353 g/mol. The van der Waals surface area contributed by atoms with Crippen LogP contribution in [0.1, 0.15) is 16.1 Å². The molecule has 0 spiro atoms. The van der Waals surface area contributed by atoms with E-state index in [0.717, 1.165) is 0 Å². The predicted molar refractivity (Wildman–Crippen MR) is 92.3 cm³/mol. The van der Waals surface area contributed by atoms with Gasteiger partial charge in [0.25, 0.3) is 11.6 Å². The maximum absolute atomic E-state index is 13.5. The summed E-state index contributed by atoms with van der Waals surface area (Å²) in [5, 5.41) is 14.5.